The third-order valence-electron chi connectivity index (χ3n) is 3.07. The van der Waals surface area contributed by atoms with Crippen LogP contribution >= 0.6 is 11.8 Å². The number of hydrogen-bond acceptors (Lipinski definition) is 2. The SMILES string of the molecule is N#CC1Cc2ccccc2Sc2ccccc21. The molecular formula is C15H11NS. The molecule has 3 rings (SSSR count). The van der Waals surface area contributed by atoms with E-state index in [1.165, 1.54) is 15.4 Å². The van der Waals surface area contributed by atoms with Gasteiger partial charge in [0.15, 0.2) is 0 Å². The molecule has 1 aliphatic rings. The van der Waals surface area contributed by atoms with Crippen molar-refractivity contribution in [2.45, 2.75) is 22.1 Å². The van der Waals surface area contributed by atoms with Crippen molar-refractivity contribution >= 4 is 11.8 Å². The summed E-state index contributed by atoms with van der Waals surface area (Å²) in [5.41, 5.74) is 2.44. The van der Waals surface area contributed by atoms with Crippen LogP contribution in [-0.2, 0) is 6.42 Å². The number of nitrogens with zero attached hydrogens (tertiary/aromatic N) is 1. The van der Waals surface area contributed by atoms with E-state index < -0.39 is 0 Å². The van der Waals surface area contributed by atoms with Gasteiger partial charge in [0.1, 0.15) is 0 Å². The lowest BCUT2D eigenvalue weighted by Crippen LogP contribution is -1.99. The van der Waals surface area contributed by atoms with Crippen LogP contribution in [0.3, 0.4) is 0 Å². The molecule has 0 saturated carbocycles. The maximum absolute atomic E-state index is 9.33. The Kier molecular flexibility index (Phi) is 2.62. The van der Waals surface area contributed by atoms with Crippen LogP contribution in [0, 0.1) is 11.3 Å². The Labute approximate surface area is 105 Å². The molecule has 1 atom stereocenters. The molecule has 0 radical (unpaired) electrons. The molecular weight excluding hydrogens is 226 g/mol. The molecule has 82 valence electrons. The summed E-state index contributed by atoms with van der Waals surface area (Å²) < 4.78 is 0. The van der Waals surface area contributed by atoms with E-state index in [1.54, 1.807) is 11.8 Å². The average molecular weight is 237 g/mol. The fourth-order valence-corrected chi connectivity index (χ4v) is 3.34. The van der Waals surface area contributed by atoms with E-state index in [-0.39, 0.29) is 5.92 Å². The summed E-state index contributed by atoms with van der Waals surface area (Å²) >= 11 is 1.77. The van der Waals surface area contributed by atoms with Gasteiger partial charge in [-0.05, 0) is 29.7 Å². The fourth-order valence-electron chi connectivity index (χ4n) is 2.20. The molecule has 0 fully saturated rings. The Balaban J connectivity index is 2.17. The van der Waals surface area contributed by atoms with Crippen LogP contribution in [0.25, 0.3) is 0 Å². The molecule has 1 aliphatic heterocycles. The highest BCUT2D eigenvalue weighted by Crippen LogP contribution is 2.40. The van der Waals surface area contributed by atoms with Gasteiger partial charge in [0.25, 0.3) is 0 Å². The molecule has 0 aliphatic carbocycles. The van der Waals surface area contributed by atoms with E-state index in [2.05, 4.69) is 36.4 Å². The topological polar surface area (TPSA) is 23.8 Å². The molecule has 2 aromatic carbocycles. The molecule has 2 heteroatoms. The van der Waals surface area contributed by atoms with Gasteiger partial charge in [-0.3, -0.25) is 0 Å². The molecule has 1 unspecified atom stereocenters. The number of hydrogen-bond donors (Lipinski definition) is 0. The maximum atomic E-state index is 9.33. The Morgan fingerprint density at radius 2 is 1.71 bits per heavy atom. The first-order valence-corrected chi connectivity index (χ1v) is 6.44. The lowest BCUT2D eigenvalue weighted by molar-refractivity contribution is 0.826. The highest BCUT2D eigenvalue weighted by atomic mass is 32.2. The zero-order valence-corrected chi connectivity index (χ0v) is 10.1. The van der Waals surface area contributed by atoms with Gasteiger partial charge in [-0.15, -0.1) is 0 Å². The van der Waals surface area contributed by atoms with E-state index in [9.17, 15) is 5.26 Å². The lowest BCUT2D eigenvalue weighted by atomic mass is 9.93. The predicted octanol–water partition coefficient (Wildman–Crippen LogP) is 4.00. The Morgan fingerprint density at radius 1 is 1.00 bits per heavy atom. The van der Waals surface area contributed by atoms with Crippen LogP contribution in [0.4, 0.5) is 0 Å². The summed E-state index contributed by atoms with van der Waals surface area (Å²) in [5, 5.41) is 9.33. The summed E-state index contributed by atoms with van der Waals surface area (Å²) in [6.07, 6.45) is 0.816. The number of benzene rings is 2. The van der Waals surface area contributed by atoms with Gasteiger partial charge < -0.3 is 0 Å². The molecule has 0 amide bonds. The third-order valence-corrected chi connectivity index (χ3v) is 4.28. The van der Waals surface area contributed by atoms with Crippen molar-refractivity contribution in [1.29, 1.82) is 5.26 Å². The molecule has 0 aromatic heterocycles. The summed E-state index contributed by atoms with van der Waals surface area (Å²) in [7, 11) is 0. The maximum Gasteiger partial charge on any atom is 0.0764 e. The van der Waals surface area contributed by atoms with Crippen molar-refractivity contribution < 1.29 is 0 Å². The van der Waals surface area contributed by atoms with Crippen LogP contribution < -0.4 is 0 Å². The summed E-state index contributed by atoms with van der Waals surface area (Å²) in [4.78, 5) is 2.49. The van der Waals surface area contributed by atoms with Gasteiger partial charge in [0.2, 0.25) is 0 Å². The number of rotatable bonds is 0. The summed E-state index contributed by atoms with van der Waals surface area (Å²) in [5.74, 6) is -0.0256. The van der Waals surface area contributed by atoms with Gasteiger partial charge in [-0.2, -0.15) is 5.26 Å². The first-order chi connectivity index (χ1) is 8.38. The van der Waals surface area contributed by atoms with E-state index in [4.69, 9.17) is 0 Å². The van der Waals surface area contributed by atoms with Crippen LogP contribution in [0.15, 0.2) is 58.3 Å². The van der Waals surface area contributed by atoms with Crippen LogP contribution in [-0.4, -0.2) is 0 Å². The Hall–Kier alpha value is -1.72. The predicted molar refractivity (Wildman–Crippen MR) is 69.1 cm³/mol. The normalized spacial score (nSPS) is 17.5. The monoisotopic (exact) mass is 237 g/mol. The summed E-state index contributed by atoms with van der Waals surface area (Å²) in [6.45, 7) is 0. The van der Waals surface area contributed by atoms with E-state index >= 15 is 0 Å². The van der Waals surface area contributed by atoms with Crippen LogP contribution in [0.2, 0.25) is 0 Å². The number of nitriles is 1. The standard InChI is InChI=1S/C15H11NS/c16-10-12-9-11-5-1-3-7-14(11)17-15-8-4-2-6-13(12)15/h1-8,12H,9H2. The van der Waals surface area contributed by atoms with Crippen molar-refractivity contribution in [3.05, 3.63) is 59.7 Å². The molecule has 1 heterocycles. The number of fused-ring (bicyclic) bond motifs is 2. The molecule has 0 N–H and O–H groups in total. The van der Waals surface area contributed by atoms with Crippen LogP contribution in [0.1, 0.15) is 17.0 Å². The minimum absolute atomic E-state index is 0.0256. The van der Waals surface area contributed by atoms with Crippen molar-refractivity contribution in [1.82, 2.24) is 0 Å². The average Bonchev–Trinajstić information content (AvgIpc) is 2.54. The second-order valence-electron chi connectivity index (χ2n) is 4.13. The molecule has 0 bridgehead atoms. The van der Waals surface area contributed by atoms with E-state index in [0.29, 0.717) is 0 Å². The second kappa shape index (κ2) is 4.27. The first kappa shape index (κ1) is 10.4. The zero-order valence-electron chi connectivity index (χ0n) is 9.26. The van der Waals surface area contributed by atoms with Gasteiger partial charge in [-0.25, -0.2) is 0 Å². The zero-order chi connectivity index (χ0) is 11.7. The summed E-state index contributed by atoms with van der Waals surface area (Å²) in [6, 6.07) is 19.0. The van der Waals surface area contributed by atoms with Crippen molar-refractivity contribution in [3.8, 4) is 6.07 Å². The van der Waals surface area contributed by atoms with Crippen molar-refractivity contribution in [2.24, 2.45) is 0 Å². The van der Waals surface area contributed by atoms with E-state index in [0.717, 1.165) is 12.0 Å². The highest BCUT2D eigenvalue weighted by Gasteiger charge is 2.21. The molecule has 0 spiro atoms. The van der Waals surface area contributed by atoms with Crippen LogP contribution in [0.5, 0.6) is 0 Å². The molecule has 0 saturated heterocycles. The second-order valence-corrected chi connectivity index (χ2v) is 5.22. The lowest BCUT2D eigenvalue weighted by Gasteiger charge is -2.08. The van der Waals surface area contributed by atoms with Crippen molar-refractivity contribution in [2.75, 3.05) is 0 Å². The molecule has 1 nitrogen and oxygen atoms in total. The third kappa shape index (κ3) is 1.83. The van der Waals surface area contributed by atoms with Gasteiger partial charge in [0, 0.05) is 9.79 Å². The smallest absolute Gasteiger partial charge is 0.0764 e. The van der Waals surface area contributed by atoms with Gasteiger partial charge in [-0.1, -0.05) is 48.2 Å². The highest BCUT2D eigenvalue weighted by molar-refractivity contribution is 7.99. The van der Waals surface area contributed by atoms with Crippen molar-refractivity contribution in [3.63, 3.8) is 0 Å². The van der Waals surface area contributed by atoms with E-state index in [1.807, 2.05) is 18.2 Å². The fraction of sp³-hybridized carbons (Fsp3) is 0.133. The Bertz CT molecular complexity index is 598. The molecule has 2 aromatic rings. The molecule has 17 heavy (non-hydrogen) atoms. The minimum Gasteiger partial charge on any atom is -0.198 e. The van der Waals surface area contributed by atoms with Gasteiger partial charge in [0.05, 0.1) is 12.0 Å². The largest absolute Gasteiger partial charge is 0.198 e. The Morgan fingerprint density at radius 3 is 2.53 bits per heavy atom. The minimum atomic E-state index is -0.0256. The first-order valence-electron chi connectivity index (χ1n) is 5.63. The van der Waals surface area contributed by atoms with Gasteiger partial charge >= 0.3 is 0 Å². The quantitative estimate of drug-likeness (QED) is 0.691.